The molecule has 0 saturated carbocycles. The Balaban J connectivity index is 1.85. The summed E-state index contributed by atoms with van der Waals surface area (Å²) < 4.78 is 5.08. The Morgan fingerprint density at radius 2 is 1.71 bits per heavy atom. The highest BCUT2D eigenvalue weighted by molar-refractivity contribution is 6.30. The van der Waals surface area contributed by atoms with Crippen LogP contribution in [0.4, 0.5) is 10.5 Å². The molecule has 2 aromatic rings. The van der Waals surface area contributed by atoms with Gasteiger partial charge in [-0.15, -0.1) is 0 Å². The van der Waals surface area contributed by atoms with E-state index in [9.17, 15) is 14.4 Å². The third-order valence-electron chi connectivity index (χ3n) is 4.21. The number of nitrogens with two attached hydrogens (primary N) is 1. The largest absolute Gasteiger partial charge is 0.465 e. The zero-order valence-electron chi connectivity index (χ0n) is 16.9. The van der Waals surface area contributed by atoms with Crippen molar-refractivity contribution in [3.63, 3.8) is 0 Å². The van der Waals surface area contributed by atoms with E-state index in [-0.39, 0.29) is 25.5 Å². The maximum atomic E-state index is 12.3. The number of amidine groups is 1. The van der Waals surface area contributed by atoms with Gasteiger partial charge < -0.3 is 26.4 Å². The number of rotatable bonds is 9. The van der Waals surface area contributed by atoms with E-state index in [1.165, 1.54) is 0 Å². The number of amides is 3. The molecule has 0 saturated heterocycles. The molecule has 0 aliphatic rings. The number of anilines is 1. The van der Waals surface area contributed by atoms with Crippen LogP contribution in [0.3, 0.4) is 0 Å². The highest BCUT2D eigenvalue weighted by Gasteiger charge is 2.22. The first-order chi connectivity index (χ1) is 14.8. The first-order valence-corrected chi connectivity index (χ1v) is 9.86. The summed E-state index contributed by atoms with van der Waals surface area (Å²) in [5, 5.41) is 15.5. The normalized spacial score (nSPS) is 11.2. The number of halogens is 1. The van der Waals surface area contributed by atoms with Gasteiger partial charge in [-0.25, -0.2) is 4.79 Å². The summed E-state index contributed by atoms with van der Waals surface area (Å²) in [5.41, 5.74) is 7.04. The number of nitrogen functional groups attached to an aromatic ring is 1. The van der Waals surface area contributed by atoms with E-state index in [2.05, 4.69) is 16.0 Å². The Morgan fingerprint density at radius 1 is 1.06 bits per heavy atom. The lowest BCUT2D eigenvalue weighted by Crippen LogP contribution is -2.41. The van der Waals surface area contributed by atoms with Gasteiger partial charge in [0.1, 0.15) is 5.84 Å². The third kappa shape index (κ3) is 7.63. The zero-order valence-corrected chi connectivity index (χ0v) is 17.7. The van der Waals surface area contributed by atoms with E-state index in [1.807, 2.05) is 0 Å². The van der Waals surface area contributed by atoms with Gasteiger partial charge in [0.15, 0.2) is 0 Å². The van der Waals surface area contributed by atoms with Crippen LogP contribution in [0.15, 0.2) is 48.5 Å². The van der Waals surface area contributed by atoms with Crippen LogP contribution >= 0.6 is 11.6 Å². The van der Waals surface area contributed by atoms with E-state index >= 15 is 0 Å². The smallest absolute Gasteiger partial charge is 0.319 e. The number of hydrogen-bond acceptors (Lipinski definition) is 5. The number of nitrogens with one attached hydrogen (secondary N) is 4. The summed E-state index contributed by atoms with van der Waals surface area (Å²) in [6, 6.07) is 12.5. The molecule has 3 amide bonds. The molecule has 0 spiro atoms. The number of urea groups is 1. The van der Waals surface area contributed by atoms with Crippen LogP contribution in [0.2, 0.25) is 5.02 Å². The summed E-state index contributed by atoms with van der Waals surface area (Å²) in [7, 11) is 0. The van der Waals surface area contributed by atoms with Crippen molar-refractivity contribution in [2.24, 2.45) is 5.73 Å². The molecule has 10 heteroatoms. The highest BCUT2D eigenvalue weighted by Crippen LogP contribution is 2.19. The second-order valence-corrected chi connectivity index (χ2v) is 6.90. The third-order valence-corrected chi connectivity index (χ3v) is 4.46. The van der Waals surface area contributed by atoms with Crippen molar-refractivity contribution in [1.82, 2.24) is 10.6 Å². The van der Waals surface area contributed by atoms with Crippen molar-refractivity contribution in [2.45, 2.75) is 12.8 Å². The maximum Gasteiger partial charge on any atom is 0.319 e. The molecule has 6 N–H and O–H groups in total. The van der Waals surface area contributed by atoms with Crippen molar-refractivity contribution in [1.29, 1.82) is 5.41 Å². The van der Waals surface area contributed by atoms with Crippen LogP contribution < -0.4 is 21.7 Å². The SMILES string of the molecule is CCOC(=O)C(CNC(=O)CNC(=O)Nc1ccc(C(=N)N)cc1)c1ccc(Cl)cc1. The molecular weight excluding hydrogens is 422 g/mol. The fourth-order valence-corrected chi connectivity index (χ4v) is 2.75. The Morgan fingerprint density at radius 3 is 2.29 bits per heavy atom. The standard InChI is InChI=1S/C21H24ClN5O4/c1-2-31-20(29)17(13-3-7-15(22)8-4-13)11-25-18(28)12-26-21(30)27-16-9-5-14(6-10-16)19(23)24/h3-10,17H,2,11-12H2,1H3,(H3,23,24)(H,25,28)(H2,26,27,30). The summed E-state index contributed by atoms with van der Waals surface area (Å²) in [4.78, 5) is 36.4. The zero-order chi connectivity index (χ0) is 22.8. The first-order valence-electron chi connectivity index (χ1n) is 9.48. The highest BCUT2D eigenvalue weighted by atomic mass is 35.5. The van der Waals surface area contributed by atoms with Crippen LogP contribution in [0.5, 0.6) is 0 Å². The van der Waals surface area contributed by atoms with Crippen molar-refractivity contribution in [3.05, 3.63) is 64.7 Å². The number of esters is 1. The predicted octanol–water partition coefficient (Wildman–Crippen LogP) is 2.21. The molecule has 0 heterocycles. The molecule has 0 aliphatic carbocycles. The Hall–Kier alpha value is -3.59. The molecule has 1 unspecified atom stereocenters. The van der Waals surface area contributed by atoms with Gasteiger partial charge in [0.05, 0.1) is 19.1 Å². The summed E-state index contributed by atoms with van der Waals surface area (Å²) >= 11 is 5.89. The lowest BCUT2D eigenvalue weighted by molar-refractivity contribution is -0.144. The van der Waals surface area contributed by atoms with Gasteiger partial charge in [-0.05, 0) is 48.9 Å². The van der Waals surface area contributed by atoms with Crippen LogP contribution in [0, 0.1) is 5.41 Å². The summed E-state index contributed by atoms with van der Waals surface area (Å²) in [6.07, 6.45) is 0. The lowest BCUT2D eigenvalue weighted by atomic mass is 9.99. The van der Waals surface area contributed by atoms with Crippen LogP contribution in [0.1, 0.15) is 24.0 Å². The number of carbonyl (C=O) groups excluding carboxylic acids is 3. The quantitative estimate of drug-likeness (QED) is 0.228. The second kappa shape index (κ2) is 11.6. The monoisotopic (exact) mass is 445 g/mol. The van der Waals surface area contributed by atoms with Gasteiger partial charge in [-0.2, -0.15) is 0 Å². The predicted molar refractivity (Wildman–Crippen MR) is 118 cm³/mol. The van der Waals surface area contributed by atoms with Gasteiger partial charge in [0.25, 0.3) is 0 Å². The minimum absolute atomic E-state index is 0.00903. The van der Waals surface area contributed by atoms with Crippen LogP contribution in [-0.4, -0.2) is 43.4 Å². The van der Waals surface area contributed by atoms with Crippen LogP contribution in [0.25, 0.3) is 0 Å². The average Bonchev–Trinajstić information content (AvgIpc) is 2.74. The molecular formula is C21H24ClN5O4. The topological polar surface area (TPSA) is 146 Å². The van der Waals surface area contributed by atoms with E-state index in [1.54, 1.807) is 55.5 Å². The number of hydrogen-bond donors (Lipinski definition) is 5. The minimum Gasteiger partial charge on any atom is -0.465 e. The molecule has 0 fully saturated rings. The number of ether oxygens (including phenoxy) is 1. The first kappa shape index (κ1) is 23.7. The van der Waals surface area contributed by atoms with Gasteiger partial charge >= 0.3 is 12.0 Å². The second-order valence-electron chi connectivity index (χ2n) is 6.46. The number of carbonyl (C=O) groups is 3. The fraction of sp³-hybridized carbons (Fsp3) is 0.238. The Bertz CT molecular complexity index is 932. The molecule has 31 heavy (non-hydrogen) atoms. The number of benzene rings is 2. The Kier molecular flexibility index (Phi) is 8.83. The Labute approximate surface area is 184 Å². The molecule has 0 aromatic heterocycles. The van der Waals surface area contributed by atoms with Gasteiger partial charge in [-0.1, -0.05) is 23.7 Å². The molecule has 9 nitrogen and oxygen atoms in total. The van der Waals surface area contributed by atoms with E-state index in [0.717, 1.165) is 0 Å². The lowest BCUT2D eigenvalue weighted by Gasteiger charge is -2.17. The van der Waals surface area contributed by atoms with Crippen molar-refractivity contribution in [2.75, 3.05) is 25.0 Å². The van der Waals surface area contributed by atoms with E-state index < -0.39 is 23.8 Å². The molecule has 164 valence electrons. The molecule has 0 radical (unpaired) electrons. The van der Waals surface area contributed by atoms with E-state index in [4.69, 9.17) is 27.5 Å². The minimum atomic E-state index is -0.699. The van der Waals surface area contributed by atoms with Gasteiger partial charge in [-0.3, -0.25) is 15.0 Å². The van der Waals surface area contributed by atoms with Gasteiger partial charge in [0.2, 0.25) is 5.91 Å². The van der Waals surface area contributed by atoms with Crippen molar-refractivity contribution < 1.29 is 19.1 Å². The van der Waals surface area contributed by atoms with Crippen molar-refractivity contribution in [3.8, 4) is 0 Å². The maximum absolute atomic E-state index is 12.3. The summed E-state index contributed by atoms with van der Waals surface area (Å²) in [6.45, 7) is 1.64. The molecule has 0 aliphatic heterocycles. The van der Waals surface area contributed by atoms with E-state index in [0.29, 0.717) is 21.8 Å². The molecule has 2 aromatic carbocycles. The van der Waals surface area contributed by atoms with Crippen LogP contribution in [-0.2, 0) is 14.3 Å². The van der Waals surface area contributed by atoms with Gasteiger partial charge in [0, 0.05) is 22.8 Å². The fourth-order valence-electron chi connectivity index (χ4n) is 2.62. The average molecular weight is 446 g/mol. The molecule has 0 bridgehead atoms. The molecule has 2 rings (SSSR count). The molecule has 1 atom stereocenters. The summed E-state index contributed by atoms with van der Waals surface area (Å²) in [5.74, 6) is -1.71. The van der Waals surface area contributed by atoms with Crippen molar-refractivity contribution >= 4 is 41.0 Å².